The van der Waals surface area contributed by atoms with Gasteiger partial charge in [0.05, 0.1) is 22.6 Å². The predicted octanol–water partition coefficient (Wildman–Crippen LogP) is 4.22. The van der Waals surface area contributed by atoms with Crippen LogP contribution in [0.25, 0.3) is 22.0 Å². The molecule has 5 nitrogen and oxygen atoms in total. The highest BCUT2D eigenvalue weighted by Crippen LogP contribution is 2.37. The molecule has 4 rings (SSSR count). The highest BCUT2D eigenvalue weighted by Gasteiger charge is 2.25. The van der Waals surface area contributed by atoms with E-state index < -0.39 is 15.8 Å². The van der Waals surface area contributed by atoms with Crippen molar-refractivity contribution in [2.45, 2.75) is 25.2 Å². The number of rotatable bonds is 3. The Hall–Kier alpha value is -2.60. The minimum atomic E-state index is -2.97. The monoisotopic (exact) mass is 383 g/mol. The molecule has 1 saturated heterocycles. The summed E-state index contributed by atoms with van der Waals surface area (Å²) in [5, 5.41) is 10.6. The van der Waals surface area contributed by atoms with Gasteiger partial charge in [-0.25, -0.2) is 13.2 Å². The molecule has 2 aromatic carbocycles. The first-order valence-electron chi connectivity index (χ1n) is 9.09. The molecular formula is C21H21NO4S. The molecule has 2 heterocycles. The molecule has 1 aromatic heterocycles. The van der Waals surface area contributed by atoms with Crippen LogP contribution in [-0.4, -0.2) is 36.0 Å². The van der Waals surface area contributed by atoms with Crippen molar-refractivity contribution in [2.24, 2.45) is 0 Å². The quantitative estimate of drug-likeness (QED) is 0.709. The van der Waals surface area contributed by atoms with Crippen molar-refractivity contribution >= 4 is 26.7 Å². The Morgan fingerprint density at radius 1 is 1.04 bits per heavy atom. The third-order valence-electron chi connectivity index (χ3n) is 5.38. The van der Waals surface area contributed by atoms with Crippen LogP contribution in [0, 0.1) is 0 Å². The molecule has 27 heavy (non-hydrogen) atoms. The first-order chi connectivity index (χ1) is 12.9. The lowest BCUT2D eigenvalue weighted by Gasteiger charge is -2.13. The molecule has 0 saturated carbocycles. The number of aromatic amines is 1. The number of fused-ring (bicyclic) bond motifs is 1. The van der Waals surface area contributed by atoms with Gasteiger partial charge >= 0.3 is 5.97 Å². The van der Waals surface area contributed by atoms with Gasteiger partial charge < -0.3 is 10.1 Å². The maximum Gasteiger partial charge on any atom is 0.337 e. The van der Waals surface area contributed by atoms with E-state index in [-0.39, 0.29) is 23.0 Å². The maximum absolute atomic E-state index is 11.9. The van der Waals surface area contributed by atoms with E-state index in [1.54, 1.807) is 6.07 Å². The number of aromatic carboxylic acids is 1. The van der Waals surface area contributed by atoms with Crippen LogP contribution >= 0.6 is 0 Å². The summed E-state index contributed by atoms with van der Waals surface area (Å²) in [6.45, 7) is 0. The van der Waals surface area contributed by atoms with E-state index in [2.05, 4.69) is 4.98 Å². The molecule has 0 radical (unpaired) electrons. The average molecular weight is 383 g/mol. The largest absolute Gasteiger partial charge is 0.478 e. The van der Waals surface area contributed by atoms with Crippen molar-refractivity contribution < 1.29 is 18.3 Å². The first-order valence-corrected chi connectivity index (χ1v) is 10.9. The van der Waals surface area contributed by atoms with E-state index in [1.807, 2.05) is 42.6 Å². The minimum absolute atomic E-state index is 0.115. The van der Waals surface area contributed by atoms with E-state index in [4.69, 9.17) is 0 Å². The normalized spacial score (nSPS) is 19.6. The lowest BCUT2D eigenvalue weighted by Crippen LogP contribution is -2.08. The van der Waals surface area contributed by atoms with Crippen LogP contribution in [0.15, 0.2) is 48.7 Å². The topological polar surface area (TPSA) is 87.2 Å². The Morgan fingerprint density at radius 3 is 2.56 bits per heavy atom. The molecule has 0 spiro atoms. The van der Waals surface area contributed by atoms with Crippen LogP contribution in [0.1, 0.15) is 41.1 Å². The van der Waals surface area contributed by atoms with Gasteiger partial charge in [0.2, 0.25) is 0 Å². The summed E-state index contributed by atoms with van der Waals surface area (Å²) in [6.07, 6.45) is 3.87. The van der Waals surface area contributed by atoms with Gasteiger partial charge in [0, 0.05) is 11.6 Å². The Labute approximate surface area is 158 Å². The van der Waals surface area contributed by atoms with Crippen molar-refractivity contribution in [1.82, 2.24) is 4.98 Å². The van der Waals surface area contributed by atoms with E-state index in [0.29, 0.717) is 18.4 Å². The first kappa shape index (κ1) is 17.8. The zero-order valence-corrected chi connectivity index (χ0v) is 15.6. The van der Waals surface area contributed by atoms with Crippen molar-refractivity contribution in [2.75, 3.05) is 11.5 Å². The summed E-state index contributed by atoms with van der Waals surface area (Å²) in [4.78, 5) is 14.9. The highest BCUT2D eigenvalue weighted by atomic mass is 32.2. The van der Waals surface area contributed by atoms with Crippen molar-refractivity contribution in [3.63, 3.8) is 0 Å². The Kier molecular flexibility index (Phi) is 4.52. The molecule has 2 N–H and O–H groups in total. The van der Waals surface area contributed by atoms with Crippen LogP contribution in [0.2, 0.25) is 0 Å². The molecule has 1 unspecified atom stereocenters. The Balaban J connectivity index is 1.85. The van der Waals surface area contributed by atoms with Crippen LogP contribution in [-0.2, 0) is 9.84 Å². The third kappa shape index (κ3) is 3.49. The third-order valence-corrected chi connectivity index (χ3v) is 7.15. The van der Waals surface area contributed by atoms with Crippen LogP contribution in [0.3, 0.4) is 0 Å². The number of benzene rings is 2. The smallest absolute Gasteiger partial charge is 0.337 e. The van der Waals surface area contributed by atoms with Crippen LogP contribution < -0.4 is 0 Å². The fourth-order valence-electron chi connectivity index (χ4n) is 3.99. The van der Waals surface area contributed by atoms with Gasteiger partial charge in [-0.3, -0.25) is 0 Å². The van der Waals surface area contributed by atoms with Crippen molar-refractivity contribution in [3.05, 3.63) is 59.8 Å². The molecule has 1 atom stereocenters. The minimum Gasteiger partial charge on any atom is -0.478 e. The predicted molar refractivity (Wildman–Crippen MR) is 106 cm³/mol. The van der Waals surface area contributed by atoms with E-state index in [0.717, 1.165) is 28.5 Å². The summed E-state index contributed by atoms with van der Waals surface area (Å²) in [5.74, 6) is -0.436. The van der Waals surface area contributed by atoms with Gasteiger partial charge in [-0.2, -0.15) is 0 Å². The number of nitrogens with one attached hydrogen (secondary N) is 1. The molecule has 1 aliphatic heterocycles. The van der Waals surface area contributed by atoms with E-state index in [1.165, 1.54) is 0 Å². The fraction of sp³-hybridized carbons (Fsp3) is 0.286. The molecule has 0 bridgehead atoms. The molecular weight excluding hydrogens is 362 g/mol. The number of carbonyl (C=O) groups is 1. The lowest BCUT2D eigenvalue weighted by atomic mass is 9.90. The van der Waals surface area contributed by atoms with Gasteiger partial charge in [-0.1, -0.05) is 30.3 Å². The SMILES string of the molecule is O=C(O)c1cc(-c2ccccc2)cc2c(C3CCCS(=O)(=O)CC3)c[nH]c12. The summed E-state index contributed by atoms with van der Waals surface area (Å²) in [7, 11) is -2.97. The summed E-state index contributed by atoms with van der Waals surface area (Å²) < 4.78 is 23.9. The van der Waals surface area contributed by atoms with Gasteiger partial charge in [-0.05, 0) is 54.0 Å². The average Bonchev–Trinajstić information content (AvgIpc) is 2.99. The standard InChI is InChI=1S/C21H21NO4S/c23-21(24)18-12-16(14-5-2-1-3-6-14)11-17-19(13-22-20(17)18)15-7-4-9-27(25,26)10-8-15/h1-3,5-6,11-13,15,22H,4,7-10H2,(H,23,24). The number of carboxylic acids is 1. The molecule has 140 valence electrons. The van der Waals surface area contributed by atoms with Gasteiger partial charge in [0.15, 0.2) is 0 Å². The summed E-state index contributed by atoms with van der Waals surface area (Å²) in [5.41, 5.74) is 3.66. The van der Waals surface area contributed by atoms with Gasteiger partial charge in [0.25, 0.3) is 0 Å². The second-order valence-electron chi connectivity index (χ2n) is 7.14. The molecule has 3 aromatic rings. The van der Waals surface area contributed by atoms with E-state index >= 15 is 0 Å². The maximum atomic E-state index is 11.9. The van der Waals surface area contributed by atoms with Crippen LogP contribution in [0.4, 0.5) is 0 Å². The summed E-state index contributed by atoms with van der Waals surface area (Å²) in [6, 6.07) is 13.4. The fourth-order valence-corrected chi connectivity index (χ4v) is 5.44. The lowest BCUT2D eigenvalue weighted by molar-refractivity contribution is 0.0699. The Morgan fingerprint density at radius 2 is 1.81 bits per heavy atom. The number of H-pyrrole nitrogens is 1. The zero-order valence-electron chi connectivity index (χ0n) is 14.8. The second kappa shape index (κ2) is 6.85. The van der Waals surface area contributed by atoms with Crippen molar-refractivity contribution in [3.8, 4) is 11.1 Å². The summed E-state index contributed by atoms with van der Waals surface area (Å²) >= 11 is 0. The highest BCUT2D eigenvalue weighted by molar-refractivity contribution is 7.91. The molecule has 1 fully saturated rings. The number of hydrogen-bond donors (Lipinski definition) is 2. The van der Waals surface area contributed by atoms with E-state index in [9.17, 15) is 18.3 Å². The van der Waals surface area contributed by atoms with Gasteiger partial charge in [0.1, 0.15) is 9.84 Å². The molecule has 1 aliphatic rings. The number of aromatic nitrogens is 1. The van der Waals surface area contributed by atoms with Crippen LogP contribution in [0.5, 0.6) is 0 Å². The second-order valence-corrected chi connectivity index (χ2v) is 9.44. The van der Waals surface area contributed by atoms with Crippen molar-refractivity contribution in [1.29, 1.82) is 0 Å². The number of sulfone groups is 1. The number of hydrogen-bond acceptors (Lipinski definition) is 3. The Bertz CT molecular complexity index is 1100. The zero-order chi connectivity index (χ0) is 19.0. The molecule has 0 amide bonds. The van der Waals surface area contributed by atoms with Gasteiger partial charge in [-0.15, -0.1) is 0 Å². The molecule has 0 aliphatic carbocycles. The number of carboxylic acid groups (broad SMARTS) is 1. The molecule has 6 heteroatoms.